The van der Waals surface area contributed by atoms with Crippen molar-refractivity contribution >= 4 is 5.97 Å². The first kappa shape index (κ1) is 10.1. The van der Waals surface area contributed by atoms with Crippen molar-refractivity contribution in [1.29, 1.82) is 0 Å². The van der Waals surface area contributed by atoms with Gasteiger partial charge in [-0.25, -0.2) is 4.39 Å². The third-order valence-corrected chi connectivity index (χ3v) is 3.13. The van der Waals surface area contributed by atoms with Crippen molar-refractivity contribution in [1.82, 2.24) is 0 Å². The van der Waals surface area contributed by atoms with E-state index in [9.17, 15) is 9.18 Å². The number of rotatable bonds is 2. The van der Waals surface area contributed by atoms with Gasteiger partial charge in [0.05, 0.1) is 5.92 Å². The van der Waals surface area contributed by atoms with Crippen LogP contribution in [0.3, 0.4) is 0 Å². The summed E-state index contributed by atoms with van der Waals surface area (Å²) in [6.45, 7) is 0. The molecule has 0 bridgehead atoms. The molecule has 0 aliphatic heterocycles. The third kappa shape index (κ3) is 2.01. The van der Waals surface area contributed by atoms with Gasteiger partial charge in [0.2, 0.25) is 0 Å². The first-order valence-corrected chi connectivity index (χ1v) is 5.17. The highest BCUT2D eigenvalue weighted by Gasteiger charge is 2.33. The van der Waals surface area contributed by atoms with Crippen LogP contribution in [0, 0.1) is 11.7 Å². The topological polar surface area (TPSA) is 37.3 Å². The fourth-order valence-electron chi connectivity index (χ4n) is 2.36. The van der Waals surface area contributed by atoms with Gasteiger partial charge in [0, 0.05) is 0 Å². The minimum atomic E-state index is -0.734. The van der Waals surface area contributed by atoms with Crippen LogP contribution in [-0.4, -0.2) is 11.1 Å². The van der Waals surface area contributed by atoms with Crippen LogP contribution in [0.25, 0.3) is 0 Å². The zero-order chi connectivity index (χ0) is 10.8. The first-order chi connectivity index (χ1) is 7.18. The Labute approximate surface area is 87.7 Å². The van der Waals surface area contributed by atoms with Crippen LogP contribution in [0.4, 0.5) is 4.39 Å². The summed E-state index contributed by atoms with van der Waals surface area (Å²) < 4.78 is 12.7. The van der Waals surface area contributed by atoms with E-state index in [0.29, 0.717) is 0 Å². The van der Waals surface area contributed by atoms with Crippen molar-refractivity contribution < 1.29 is 14.3 Å². The average Bonchev–Trinajstić information content (AvgIpc) is 2.67. The number of carboxylic acids is 1. The SMILES string of the molecule is O=C(O)[C@@H]1CCC[C@@H]1c1ccc(F)cc1. The molecule has 0 spiro atoms. The Kier molecular flexibility index (Phi) is 2.71. The predicted molar refractivity (Wildman–Crippen MR) is 54.1 cm³/mol. The number of benzene rings is 1. The van der Waals surface area contributed by atoms with Gasteiger partial charge < -0.3 is 5.11 Å². The van der Waals surface area contributed by atoms with E-state index in [0.717, 1.165) is 24.8 Å². The molecule has 1 aliphatic carbocycles. The molecule has 1 aromatic carbocycles. The van der Waals surface area contributed by atoms with Gasteiger partial charge in [0.15, 0.2) is 0 Å². The average molecular weight is 208 g/mol. The lowest BCUT2D eigenvalue weighted by Crippen LogP contribution is -2.16. The number of carbonyl (C=O) groups is 1. The number of hydrogen-bond acceptors (Lipinski definition) is 1. The van der Waals surface area contributed by atoms with Gasteiger partial charge in [-0.05, 0) is 36.5 Å². The molecule has 0 heterocycles. The smallest absolute Gasteiger partial charge is 0.307 e. The normalized spacial score (nSPS) is 25.4. The molecule has 0 amide bonds. The molecule has 1 saturated carbocycles. The fraction of sp³-hybridized carbons (Fsp3) is 0.417. The summed E-state index contributed by atoms with van der Waals surface area (Å²) in [4.78, 5) is 11.0. The molecule has 1 aromatic rings. The molecular formula is C12H13FO2. The van der Waals surface area contributed by atoms with E-state index < -0.39 is 5.97 Å². The molecule has 3 heteroatoms. The van der Waals surface area contributed by atoms with Crippen molar-refractivity contribution in [2.24, 2.45) is 5.92 Å². The zero-order valence-corrected chi connectivity index (χ0v) is 8.32. The van der Waals surface area contributed by atoms with Crippen LogP contribution >= 0.6 is 0 Å². The number of carboxylic acid groups (broad SMARTS) is 1. The number of halogens is 1. The quantitative estimate of drug-likeness (QED) is 0.811. The summed E-state index contributed by atoms with van der Waals surface area (Å²) >= 11 is 0. The van der Waals surface area contributed by atoms with Crippen molar-refractivity contribution in [3.05, 3.63) is 35.6 Å². The van der Waals surface area contributed by atoms with Gasteiger partial charge >= 0.3 is 5.97 Å². The minimum Gasteiger partial charge on any atom is -0.481 e. The second kappa shape index (κ2) is 4.01. The monoisotopic (exact) mass is 208 g/mol. The predicted octanol–water partition coefficient (Wildman–Crippen LogP) is 2.79. The summed E-state index contributed by atoms with van der Waals surface area (Å²) in [5.41, 5.74) is 0.946. The van der Waals surface area contributed by atoms with Crippen LogP contribution in [0.1, 0.15) is 30.7 Å². The molecule has 2 nitrogen and oxygen atoms in total. The zero-order valence-electron chi connectivity index (χ0n) is 8.32. The van der Waals surface area contributed by atoms with E-state index in [2.05, 4.69) is 0 Å². The highest BCUT2D eigenvalue weighted by Crippen LogP contribution is 2.39. The second-order valence-corrected chi connectivity index (χ2v) is 4.03. The van der Waals surface area contributed by atoms with Gasteiger partial charge in [0.25, 0.3) is 0 Å². The van der Waals surface area contributed by atoms with Crippen LogP contribution in [0.15, 0.2) is 24.3 Å². The summed E-state index contributed by atoms with van der Waals surface area (Å²) in [6.07, 6.45) is 2.57. The Balaban J connectivity index is 2.22. The van der Waals surface area contributed by atoms with Crippen LogP contribution in [0.2, 0.25) is 0 Å². The molecule has 15 heavy (non-hydrogen) atoms. The van der Waals surface area contributed by atoms with Crippen molar-refractivity contribution in [2.75, 3.05) is 0 Å². The van der Waals surface area contributed by atoms with Gasteiger partial charge in [-0.15, -0.1) is 0 Å². The Morgan fingerprint density at radius 3 is 2.53 bits per heavy atom. The third-order valence-electron chi connectivity index (χ3n) is 3.13. The lowest BCUT2D eigenvalue weighted by atomic mass is 9.89. The highest BCUT2D eigenvalue weighted by molar-refractivity contribution is 5.71. The van der Waals surface area contributed by atoms with Crippen molar-refractivity contribution in [2.45, 2.75) is 25.2 Å². The van der Waals surface area contributed by atoms with E-state index in [1.165, 1.54) is 12.1 Å². The number of aliphatic carboxylic acids is 1. The first-order valence-electron chi connectivity index (χ1n) is 5.17. The molecule has 1 fully saturated rings. The second-order valence-electron chi connectivity index (χ2n) is 4.03. The summed E-state index contributed by atoms with van der Waals surface area (Å²) in [5.74, 6) is -1.25. The maximum atomic E-state index is 12.7. The maximum absolute atomic E-state index is 12.7. The van der Waals surface area contributed by atoms with E-state index in [1.54, 1.807) is 12.1 Å². The van der Waals surface area contributed by atoms with Gasteiger partial charge in [-0.1, -0.05) is 18.6 Å². The van der Waals surface area contributed by atoms with Gasteiger partial charge in [-0.3, -0.25) is 4.79 Å². The Bertz CT molecular complexity index is 358. The molecule has 2 atom stereocenters. The van der Waals surface area contributed by atoms with E-state index in [4.69, 9.17) is 5.11 Å². The lowest BCUT2D eigenvalue weighted by Gasteiger charge is -2.15. The molecule has 2 rings (SSSR count). The molecule has 0 saturated heterocycles. The molecule has 0 radical (unpaired) electrons. The molecular weight excluding hydrogens is 195 g/mol. The minimum absolute atomic E-state index is 0.0584. The van der Waals surface area contributed by atoms with E-state index in [-0.39, 0.29) is 17.7 Å². The summed E-state index contributed by atoms with van der Waals surface area (Å²) in [7, 11) is 0. The van der Waals surface area contributed by atoms with Crippen molar-refractivity contribution in [3.63, 3.8) is 0 Å². The summed E-state index contributed by atoms with van der Waals surface area (Å²) in [5, 5.41) is 9.03. The molecule has 0 unspecified atom stereocenters. The Hall–Kier alpha value is -1.38. The van der Waals surface area contributed by atoms with Crippen molar-refractivity contribution in [3.8, 4) is 0 Å². The largest absolute Gasteiger partial charge is 0.481 e. The molecule has 1 aliphatic rings. The molecule has 80 valence electrons. The molecule has 0 aromatic heterocycles. The Morgan fingerprint density at radius 2 is 1.93 bits per heavy atom. The van der Waals surface area contributed by atoms with E-state index in [1.807, 2.05) is 0 Å². The van der Waals surface area contributed by atoms with Gasteiger partial charge in [0.1, 0.15) is 5.82 Å². The lowest BCUT2D eigenvalue weighted by molar-refractivity contribution is -0.142. The summed E-state index contributed by atoms with van der Waals surface area (Å²) in [6, 6.07) is 6.18. The van der Waals surface area contributed by atoms with Crippen LogP contribution in [-0.2, 0) is 4.79 Å². The standard InChI is InChI=1S/C12H13FO2/c13-9-6-4-8(5-7-9)10-2-1-3-11(10)12(14)15/h4-7,10-11H,1-3H2,(H,14,15)/t10-,11-/m1/s1. The Morgan fingerprint density at radius 1 is 1.27 bits per heavy atom. The van der Waals surface area contributed by atoms with Crippen LogP contribution in [0.5, 0.6) is 0 Å². The van der Waals surface area contributed by atoms with Crippen LogP contribution < -0.4 is 0 Å². The fourth-order valence-corrected chi connectivity index (χ4v) is 2.36. The highest BCUT2D eigenvalue weighted by atomic mass is 19.1. The van der Waals surface area contributed by atoms with E-state index >= 15 is 0 Å². The van der Waals surface area contributed by atoms with Gasteiger partial charge in [-0.2, -0.15) is 0 Å². The number of hydrogen-bond donors (Lipinski definition) is 1. The maximum Gasteiger partial charge on any atom is 0.307 e. The molecule has 1 N–H and O–H groups in total.